The average molecular weight is 319 g/mol. The topological polar surface area (TPSA) is 75.4 Å². The van der Waals surface area contributed by atoms with Crippen LogP contribution in [0.4, 0.5) is 5.82 Å². The molecule has 6 nitrogen and oxygen atoms in total. The molecule has 126 valence electrons. The standard InChI is InChI=1S/C17H25N3O3/c21-16(18-15-9-10-23-19-15)12-20(11-14-5-6-14)17(22)8-7-13-3-1-2-4-13/h9-10,13-14H,1-8,11-12H2,(H,18,19,21). The van der Waals surface area contributed by atoms with Gasteiger partial charge < -0.3 is 14.7 Å². The second kappa shape index (κ2) is 7.62. The van der Waals surface area contributed by atoms with Gasteiger partial charge in [0.2, 0.25) is 11.8 Å². The van der Waals surface area contributed by atoms with Crippen molar-refractivity contribution >= 4 is 17.6 Å². The van der Waals surface area contributed by atoms with E-state index < -0.39 is 0 Å². The molecule has 1 aromatic rings. The van der Waals surface area contributed by atoms with Crippen LogP contribution in [0.5, 0.6) is 0 Å². The number of rotatable bonds is 8. The van der Waals surface area contributed by atoms with E-state index in [1.165, 1.54) is 31.9 Å². The molecule has 1 aromatic heterocycles. The summed E-state index contributed by atoms with van der Waals surface area (Å²) in [6.45, 7) is 0.808. The molecule has 0 aliphatic heterocycles. The molecule has 1 heterocycles. The van der Waals surface area contributed by atoms with Crippen LogP contribution < -0.4 is 5.32 Å². The molecule has 0 atom stereocenters. The minimum atomic E-state index is -0.214. The summed E-state index contributed by atoms with van der Waals surface area (Å²) in [6, 6.07) is 1.59. The molecule has 2 aliphatic rings. The Bertz CT molecular complexity index is 519. The molecule has 1 N–H and O–H groups in total. The van der Waals surface area contributed by atoms with Crippen molar-refractivity contribution in [2.75, 3.05) is 18.4 Å². The summed E-state index contributed by atoms with van der Waals surface area (Å²) in [4.78, 5) is 26.3. The Morgan fingerprint density at radius 1 is 1.22 bits per heavy atom. The summed E-state index contributed by atoms with van der Waals surface area (Å²) in [7, 11) is 0. The highest BCUT2D eigenvalue weighted by Crippen LogP contribution is 2.31. The van der Waals surface area contributed by atoms with E-state index in [9.17, 15) is 9.59 Å². The van der Waals surface area contributed by atoms with Crippen molar-refractivity contribution < 1.29 is 14.1 Å². The van der Waals surface area contributed by atoms with Crippen molar-refractivity contribution in [1.29, 1.82) is 0 Å². The summed E-state index contributed by atoms with van der Waals surface area (Å²) >= 11 is 0. The lowest BCUT2D eigenvalue weighted by Crippen LogP contribution is -2.39. The van der Waals surface area contributed by atoms with Crippen molar-refractivity contribution in [3.63, 3.8) is 0 Å². The number of carbonyl (C=O) groups excluding carboxylic acids is 2. The molecule has 0 spiro atoms. The maximum Gasteiger partial charge on any atom is 0.245 e. The van der Waals surface area contributed by atoms with E-state index in [0.717, 1.165) is 19.3 Å². The molecule has 0 radical (unpaired) electrons. The highest BCUT2D eigenvalue weighted by Gasteiger charge is 2.28. The van der Waals surface area contributed by atoms with Gasteiger partial charge in [0.1, 0.15) is 6.26 Å². The molecule has 23 heavy (non-hydrogen) atoms. The first-order chi connectivity index (χ1) is 11.2. The predicted molar refractivity (Wildman–Crippen MR) is 85.6 cm³/mol. The molecular weight excluding hydrogens is 294 g/mol. The third-order valence-corrected chi connectivity index (χ3v) is 4.81. The molecule has 0 aromatic carbocycles. The molecule has 3 rings (SSSR count). The second-order valence-corrected chi connectivity index (χ2v) is 6.84. The summed E-state index contributed by atoms with van der Waals surface area (Å²) in [6.07, 6.45) is 10.4. The van der Waals surface area contributed by atoms with Crippen molar-refractivity contribution in [2.24, 2.45) is 11.8 Å². The van der Waals surface area contributed by atoms with Crippen molar-refractivity contribution in [3.8, 4) is 0 Å². The molecular formula is C17H25N3O3. The summed E-state index contributed by atoms with van der Waals surface area (Å²) in [5.74, 6) is 1.56. The van der Waals surface area contributed by atoms with Gasteiger partial charge in [0.05, 0.1) is 6.54 Å². The third-order valence-electron chi connectivity index (χ3n) is 4.81. The van der Waals surface area contributed by atoms with E-state index in [4.69, 9.17) is 4.52 Å². The minimum Gasteiger partial charge on any atom is -0.363 e. The smallest absolute Gasteiger partial charge is 0.245 e. The fourth-order valence-electron chi connectivity index (χ4n) is 3.28. The Morgan fingerprint density at radius 2 is 2.00 bits per heavy atom. The Hall–Kier alpha value is -1.85. The average Bonchev–Trinajstić information content (AvgIpc) is 3.01. The molecule has 2 aliphatic carbocycles. The molecule has 0 unspecified atom stereocenters. The Kier molecular flexibility index (Phi) is 5.31. The number of hydrogen-bond acceptors (Lipinski definition) is 4. The molecule has 6 heteroatoms. The Morgan fingerprint density at radius 3 is 2.65 bits per heavy atom. The van der Waals surface area contributed by atoms with Gasteiger partial charge in [0.15, 0.2) is 5.82 Å². The zero-order valence-electron chi connectivity index (χ0n) is 13.5. The minimum absolute atomic E-state index is 0.104. The fourth-order valence-corrected chi connectivity index (χ4v) is 3.28. The number of carbonyl (C=O) groups is 2. The number of aromatic nitrogens is 1. The van der Waals surface area contributed by atoms with Crippen LogP contribution in [0.25, 0.3) is 0 Å². The SMILES string of the molecule is O=C(CN(CC1CC1)C(=O)CCC1CCCC1)Nc1ccon1. The van der Waals surface area contributed by atoms with Gasteiger partial charge in [-0.05, 0) is 31.1 Å². The highest BCUT2D eigenvalue weighted by molar-refractivity contribution is 5.93. The first-order valence-corrected chi connectivity index (χ1v) is 8.68. The van der Waals surface area contributed by atoms with Crippen LogP contribution in [0.15, 0.2) is 16.9 Å². The van der Waals surface area contributed by atoms with Gasteiger partial charge in [-0.15, -0.1) is 0 Å². The lowest BCUT2D eigenvalue weighted by atomic mass is 10.0. The van der Waals surface area contributed by atoms with E-state index in [0.29, 0.717) is 30.6 Å². The van der Waals surface area contributed by atoms with Crippen LogP contribution in [-0.2, 0) is 9.59 Å². The van der Waals surface area contributed by atoms with Gasteiger partial charge in [0, 0.05) is 19.0 Å². The normalized spacial score (nSPS) is 18.1. The first kappa shape index (κ1) is 16.0. The van der Waals surface area contributed by atoms with E-state index in [1.54, 1.807) is 11.0 Å². The molecule has 0 saturated heterocycles. The van der Waals surface area contributed by atoms with Crippen LogP contribution in [-0.4, -0.2) is 35.0 Å². The van der Waals surface area contributed by atoms with Gasteiger partial charge in [0.25, 0.3) is 0 Å². The number of amides is 2. The van der Waals surface area contributed by atoms with Crippen LogP contribution in [0.2, 0.25) is 0 Å². The largest absolute Gasteiger partial charge is 0.363 e. The number of nitrogens with one attached hydrogen (secondary N) is 1. The Balaban J connectivity index is 1.48. The lowest BCUT2D eigenvalue weighted by molar-refractivity contribution is -0.135. The molecule has 0 bridgehead atoms. The summed E-state index contributed by atoms with van der Waals surface area (Å²) in [5, 5.41) is 6.32. The quantitative estimate of drug-likeness (QED) is 0.799. The van der Waals surface area contributed by atoms with Gasteiger partial charge in [-0.2, -0.15) is 0 Å². The fraction of sp³-hybridized carbons (Fsp3) is 0.706. The lowest BCUT2D eigenvalue weighted by Gasteiger charge is -2.22. The monoisotopic (exact) mass is 319 g/mol. The van der Waals surface area contributed by atoms with Crippen LogP contribution in [0.1, 0.15) is 51.4 Å². The maximum absolute atomic E-state index is 12.5. The number of nitrogens with zero attached hydrogens (tertiary/aromatic N) is 2. The zero-order valence-corrected chi connectivity index (χ0v) is 13.5. The van der Waals surface area contributed by atoms with E-state index in [1.807, 2.05) is 0 Å². The van der Waals surface area contributed by atoms with E-state index >= 15 is 0 Å². The van der Waals surface area contributed by atoms with Gasteiger partial charge in [-0.3, -0.25) is 9.59 Å². The van der Waals surface area contributed by atoms with Crippen molar-refractivity contribution in [3.05, 3.63) is 12.3 Å². The third kappa shape index (κ3) is 5.08. The van der Waals surface area contributed by atoms with Crippen LogP contribution in [0.3, 0.4) is 0 Å². The first-order valence-electron chi connectivity index (χ1n) is 8.68. The maximum atomic E-state index is 12.5. The molecule has 2 fully saturated rings. The molecule has 2 amide bonds. The van der Waals surface area contributed by atoms with Crippen LogP contribution >= 0.6 is 0 Å². The van der Waals surface area contributed by atoms with E-state index in [2.05, 4.69) is 10.5 Å². The van der Waals surface area contributed by atoms with Gasteiger partial charge >= 0.3 is 0 Å². The highest BCUT2D eigenvalue weighted by atomic mass is 16.5. The summed E-state index contributed by atoms with van der Waals surface area (Å²) < 4.78 is 4.69. The van der Waals surface area contributed by atoms with Crippen molar-refractivity contribution in [2.45, 2.75) is 51.4 Å². The number of anilines is 1. The zero-order chi connectivity index (χ0) is 16.1. The number of hydrogen-bond donors (Lipinski definition) is 1. The second-order valence-electron chi connectivity index (χ2n) is 6.84. The Labute approximate surface area is 136 Å². The van der Waals surface area contributed by atoms with E-state index in [-0.39, 0.29) is 18.4 Å². The predicted octanol–water partition coefficient (Wildman–Crippen LogP) is 2.82. The molecule has 2 saturated carbocycles. The van der Waals surface area contributed by atoms with Crippen molar-refractivity contribution in [1.82, 2.24) is 10.1 Å². The van der Waals surface area contributed by atoms with Gasteiger partial charge in [-0.25, -0.2) is 0 Å². The van der Waals surface area contributed by atoms with Gasteiger partial charge in [-0.1, -0.05) is 30.8 Å². The van der Waals surface area contributed by atoms with Crippen LogP contribution in [0, 0.1) is 11.8 Å². The summed E-state index contributed by atoms with van der Waals surface area (Å²) in [5.41, 5.74) is 0.